The number of rotatable bonds is 3. The van der Waals surface area contributed by atoms with Gasteiger partial charge in [0.1, 0.15) is 5.82 Å². The second kappa shape index (κ2) is 5.38. The SMILES string of the molecule is Cc1nc2ccccc2n1C(CN)c1ccc(Br)cc1. The Hall–Kier alpha value is -1.65. The summed E-state index contributed by atoms with van der Waals surface area (Å²) in [6.07, 6.45) is 0. The van der Waals surface area contributed by atoms with Crippen LogP contribution in [0.25, 0.3) is 11.0 Å². The lowest BCUT2D eigenvalue weighted by atomic mass is 10.1. The summed E-state index contributed by atoms with van der Waals surface area (Å²) >= 11 is 3.47. The monoisotopic (exact) mass is 329 g/mol. The van der Waals surface area contributed by atoms with E-state index in [-0.39, 0.29) is 6.04 Å². The number of hydrogen-bond donors (Lipinski definition) is 1. The molecular formula is C16H16BrN3. The molecule has 0 radical (unpaired) electrons. The lowest BCUT2D eigenvalue weighted by Gasteiger charge is -2.20. The molecule has 20 heavy (non-hydrogen) atoms. The zero-order valence-corrected chi connectivity index (χ0v) is 12.8. The number of aromatic nitrogens is 2. The van der Waals surface area contributed by atoms with Crippen molar-refractivity contribution in [1.29, 1.82) is 0 Å². The highest BCUT2D eigenvalue weighted by Gasteiger charge is 2.17. The van der Waals surface area contributed by atoms with E-state index < -0.39 is 0 Å². The molecule has 1 atom stereocenters. The molecule has 0 fully saturated rings. The summed E-state index contributed by atoms with van der Waals surface area (Å²) in [5.74, 6) is 0.990. The van der Waals surface area contributed by atoms with E-state index in [0.717, 1.165) is 21.3 Å². The number of nitrogens with zero attached hydrogens (tertiary/aromatic N) is 2. The Kier molecular flexibility index (Phi) is 3.59. The molecule has 0 aliphatic carbocycles. The number of hydrogen-bond acceptors (Lipinski definition) is 2. The molecule has 4 heteroatoms. The smallest absolute Gasteiger partial charge is 0.107 e. The van der Waals surface area contributed by atoms with Crippen molar-refractivity contribution in [3.05, 3.63) is 64.4 Å². The first kappa shape index (κ1) is 13.3. The molecule has 2 aromatic carbocycles. The van der Waals surface area contributed by atoms with E-state index in [1.807, 2.05) is 37.3 Å². The van der Waals surface area contributed by atoms with Crippen molar-refractivity contribution in [1.82, 2.24) is 9.55 Å². The predicted molar refractivity (Wildman–Crippen MR) is 85.8 cm³/mol. The Labute approximate surface area is 126 Å². The van der Waals surface area contributed by atoms with Crippen molar-refractivity contribution in [3.8, 4) is 0 Å². The van der Waals surface area contributed by atoms with Crippen molar-refractivity contribution < 1.29 is 0 Å². The van der Waals surface area contributed by atoms with Gasteiger partial charge < -0.3 is 10.3 Å². The largest absolute Gasteiger partial charge is 0.328 e. The molecule has 0 amide bonds. The van der Waals surface area contributed by atoms with Gasteiger partial charge in [-0.25, -0.2) is 4.98 Å². The third kappa shape index (κ3) is 2.25. The zero-order chi connectivity index (χ0) is 14.1. The summed E-state index contributed by atoms with van der Waals surface area (Å²) in [7, 11) is 0. The maximum absolute atomic E-state index is 6.03. The lowest BCUT2D eigenvalue weighted by Crippen LogP contribution is -2.21. The van der Waals surface area contributed by atoms with Crippen LogP contribution in [0, 0.1) is 6.92 Å². The minimum Gasteiger partial charge on any atom is -0.328 e. The van der Waals surface area contributed by atoms with Crippen LogP contribution in [0.1, 0.15) is 17.4 Å². The zero-order valence-electron chi connectivity index (χ0n) is 11.3. The molecule has 1 heterocycles. The first-order valence-corrected chi connectivity index (χ1v) is 7.39. The van der Waals surface area contributed by atoms with Crippen molar-refractivity contribution in [2.24, 2.45) is 5.73 Å². The number of halogens is 1. The van der Waals surface area contributed by atoms with Crippen LogP contribution in [0.2, 0.25) is 0 Å². The average molecular weight is 330 g/mol. The number of imidazole rings is 1. The molecule has 3 rings (SSSR count). The van der Waals surface area contributed by atoms with Gasteiger partial charge in [0.2, 0.25) is 0 Å². The normalized spacial score (nSPS) is 12.8. The number of para-hydroxylation sites is 2. The minimum atomic E-state index is 0.107. The highest BCUT2D eigenvalue weighted by Crippen LogP contribution is 2.26. The Morgan fingerprint density at radius 2 is 1.85 bits per heavy atom. The first-order chi connectivity index (χ1) is 9.70. The van der Waals surface area contributed by atoms with E-state index in [4.69, 9.17) is 5.73 Å². The van der Waals surface area contributed by atoms with Crippen molar-refractivity contribution in [2.45, 2.75) is 13.0 Å². The third-order valence-electron chi connectivity index (χ3n) is 3.56. The van der Waals surface area contributed by atoms with Crippen molar-refractivity contribution in [2.75, 3.05) is 6.54 Å². The number of fused-ring (bicyclic) bond motifs is 1. The van der Waals surface area contributed by atoms with Crippen molar-refractivity contribution >= 4 is 27.0 Å². The van der Waals surface area contributed by atoms with Gasteiger partial charge in [0.25, 0.3) is 0 Å². The standard InChI is InChI=1S/C16H16BrN3/c1-11-19-14-4-2-3-5-15(14)20(11)16(10-18)12-6-8-13(17)9-7-12/h2-9,16H,10,18H2,1H3. The highest BCUT2D eigenvalue weighted by molar-refractivity contribution is 9.10. The van der Waals surface area contributed by atoms with Crippen LogP contribution < -0.4 is 5.73 Å². The fourth-order valence-corrected chi connectivity index (χ4v) is 2.90. The van der Waals surface area contributed by atoms with Gasteiger partial charge in [-0.3, -0.25) is 0 Å². The lowest BCUT2D eigenvalue weighted by molar-refractivity contribution is 0.594. The maximum atomic E-state index is 6.03. The average Bonchev–Trinajstić information content (AvgIpc) is 2.79. The summed E-state index contributed by atoms with van der Waals surface area (Å²) in [5.41, 5.74) is 9.37. The molecule has 0 aliphatic rings. The molecule has 3 nitrogen and oxygen atoms in total. The van der Waals surface area contributed by atoms with Gasteiger partial charge in [-0.15, -0.1) is 0 Å². The molecule has 1 aromatic heterocycles. The second-order valence-electron chi connectivity index (χ2n) is 4.82. The van der Waals surface area contributed by atoms with Gasteiger partial charge in [-0.05, 0) is 36.8 Å². The maximum Gasteiger partial charge on any atom is 0.107 e. The van der Waals surface area contributed by atoms with Gasteiger partial charge in [0, 0.05) is 11.0 Å². The molecular weight excluding hydrogens is 314 g/mol. The molecule has 102 valence electrons. The van der Waals surface area contributed by atoms with Gasteiger partial charge in [-0.2, -0.15) is 0 Å². The van der Waals surface area contributed by atoms with E-state index in [9.17, 15) is 0 Å². The molecule has 0 aliphatic heterocycles. The number of nitrogens with two attached hydrogens (primary N) is 1. The summed E-state index contributed by atoms with van der Waals surface area (Å²) in [4.78, 5) is 4.62. The minimum absolute atomic E-state index is 0.107. The van der Waals surface area contributed by atoms with Crippen LogP contribution in [0.4, 0.5) is 0 Å². The number of aryl methyl sites for hydroxylation is 1. The molecule has 0 spiro atoms. The molecule has 0 saturated heterocycles. The van der Waals surface area contributed by atoms with Gasteiger partial charge in [0.15, 0.2) is 0 Å². The Morgan fingerprint density at radius 3 is 2.55 bits per heavy atom. The highest BCUT2D eigenvalue weighted by atomic mass is 79.9. The Bertz CT molecular complexity index is 731. The summed E-state index contributed by atoms with van der Waals surface area (Å²) in [5, 5.41) is 0. The third-order valence-corrected chi connectivity index (χ3v) is 4.09. The summed E-state index contributed by atoms with van der Waals surface area (Å²) < 4.78 is 3.29. The van der Waals surface area contributed by atoms with Crippen LogP contribution in [-0.4, -0.2) is 16.1 Å². The van der Waals surface area contributed by atoms with E-state index in [0.29, 0.717) is 6.54 Å². The fraction of sp³-hybridized carbons (Fsp3) is 0.188. The Balaban J connectivity index is 2.16. The van der Waals surface area contributed by atoms with Gasteiger partial charge in [-0.1, -0.05) is 40.2 Å². The molecule has 1 unspecified atom stereocenters. The molecule has 0 bridgehead atoms. The van der Waals surface area contributed by atoms with Crippen LogP contribution in [0.15, 0.2) is 53.0 Å². The van der Waals surface area contributed by atoms with Crippen LogP contribution >= 0.6 is 15.9 Å². The Morgan fingerprint density at radius 1 is 1.15 bits per heavy atom. The fourth-order valence-electron chi connectivity index (χ4n) is 2.63. The quantitative estimate of drug-likeness (QED) is 0.796. The topological polar surface area (TPSA) is 43.8 Å². The van der Waals surface area contributed by atoms with E-state index in [1.165, 1.54) is 5.56 Å². The van der Waals surface area contributed by atoms with Gasteiger partial charge >= 0.3 is 0 Å². The van der Waals surface area contributed by atoms with E-state index in [1.54, 1.807) is 0 Å². The molecule has 3 aromatic rings. The van der Waals surface area contributed by atoms with Crippen molar-refractivity contribution in [3.63, 3.8) is 0 Å². The summed E-state index contributed by atoms with van der Waals surface area (Å²) in [6.45, 7) is 2.57. The van der Waals surface area contributed by atoms with Gasteiger partial charge in [0.05, 0.1) is 17.1 Å². The van der Waals surface area contributed by atoms with E-state index >= 15 is 0 Å². The first-order valence-electron chi connectivity index (χ1n) is 6.60. The van der Waals surface area contributed by atoms with Crippen LogP contribution in [0.3, 0.4) is 0 Å². The molecule has 2 N–H and O–H groups in total. The predicted octanol–water partition coefficient (Wildman–Crippen LogP) is 3.66. The molecule has 0 saturated carbocycles. The van der Waals surface area contributed by atoms with E-state index in [2.05, 4.69) is 43.7 Å². The number of benzene rings is 2. The van der Waals surface area contributed by atoms with Crippen LogP contribution in [0.5, 0.6) is 0 Å². The summed E-state index contributed by atoms with van der Waals surface area (Å²) in [6, 6.07) is 16.6. The van der Waals surface area contributed by atoms with Crippen LogP contribution in [-0.2, 0) is 0 Å². The second-order valence-corrected chi connectivity index (χ2v) is 5.74.